The molecule has 2 aliphatic rings. The van der Waals surface area contributed by atoms with E-state index in [1.165, 1.54) is 42.3 Å². The number of methoxy groups -OCH3 is 1. The first-order chi connectivity index (χ1) is 15.6. The smallest absolute Gasteiger partial charge is 0.443 e. The fourth-order valence-corrected chi connectivity index (χ4v) is 4.22. The first kappa shape index (κ1) is 23.1. The average Bonchev–Trinajstić information content (AvgIpc) is 3.32. The van der Waals surface area contributed by atoms with Gasteiger partial charge in [0.2, 0.25) is 0 Å². The maximum absolute atomic E-state index is 14.1. The van der Waals surface area contributed by atoms with Crippen molar-refractivity contribution >= 4 is 11.7 Å². The lowest BCUT2D eigenvalue weighted by Gasteiger charge is -2.42. The van der Waals surface area contributed by atoms with Crippen LogP contribution >= 0.6 is 0 Å². The van der Waals surface area contributed by atoms with Gasteiger partial charge in [-0.15, -0.1) is 0 Å². The van der Waals surface area contributed by atoms with Crippen LogP contribution < -0.4 is 4.74 Å². The fourth-order valence-electron chi connectivity index (χ4n) is 4.22. The van der Waals surface area contributed by atoms with Gasteiger partial charge in [0.25, 0.3) is 0 Å². The molecule has 1 aliphatic heterocycles. The van der Waals surface area contributed by atoms with Gasteiger partial charge in [-0.3, -0.25) is 0 Å². The van der Waals surface area contributed by atoms with Gasteiger partial charge in [-0.25, -0.2) is 9.98 Å². The summed E-state index contributed by atoms with van der Waals surface area (Å²) >= 11 is 0. The van der Waals surface area contributed by atoms with Crippen molar-refractivity contribution in [3.63, 3.8) is 0 Å². The molecular weight excluding hydrogens is 448 g/mol. The number of nitrogens with zero attached hydrogens (tertiary/aromatic N) is 3. The molecule has 0 atom stereocenters. The lowest BCUT2D eigenvalue weighted by Crippen LogP contribution is -2.60. The molecule has 176 valence electrons. The number of rotatable bonds is 4. The summed E-state index contributed by atoms with van der Waals surface area (Å²) in [7, 11) is 1.36. The Morgan fingerprint density at radius 3 is 1.91 bits per heavy atom. The van der Waals surface area contributed by atoms with Crippen molar-refractivity contribution in [3.8, 4) is 5.75 Å². The molecule has 1 aliphatic carbocycles. The largest absolute Gasteiger partial charge is 0.497 e. The summed E-state index contributed by atoms with van der Waals surface area (Å²) in [6.07, 6.45) is -8.81. The molecule has 0 radical (unpaired) electrons. The van der Waals surface area contributed by atoms with Gasteiger partial charge in [0.15, 0.2) is 0 Å². The number of aliphatic imine (C=N–C) groups is 2. The summed E-state index contributed by atoms with van der Waals surface area (Å²) in [4.78, 5) is 8.13. The number of alkyl halides is 6. The second-order valence-electron chi connectivity index (χ2n) is 7.94. The van der Waals surface area contributed by atoms with E-state index in [9.17, 15) is 26.3 Å². The summed E-state index contributed by atoms with van der Waals surface area (Å²) in [5.41, 5.74) is -4.39. The minimum absolute atomic E-state index is 0.0856. The van der Waals surface area contributed by atoms with Crippen LogP contribution in [-0.2, 0) is 0 Å². The molecule has 0 N–H and O–H groups in total. The summed E-state index contributed by atoms with van der Waals surface area (Å²) in [5.74, 6) is -0.538. The third-order valence-electron chi connectivity index (χ3n) is 5.83. The first-order valence-corrected chi connectivity index (χ1v) is 10.4. The second-order valence-corrected chi connectivity index (χ2v) is 7.94. The molecule has 2 aromatic carbocycles. The van der Waals surface area contributed by atoms with Gasteiger partial charge in [-0.2, -0.15) is 26.3 Å². The molecule has 0 spiro atoms. The molecule has 2 aromatic rings. The van der Waals surface area contributed by atoms with E-state index in [0.29, 0.717) is 12.8 Å². The van der Waals surface area contributed by atoms with Gasteiger partial charge in [0.05, 0.1) is 7.11 Å². The van der Waals surface area contributed by atoms with Crippen LogP contribution in [0.5, 0.6) is 5.75 Å². The molecular formula is C23H21F6N3O. The molecule has 4 rings (SSSR count). The number of hydrogen-bond acceptors (Lipinski definition) is 4. The molecule has 0 amide bonds. The number of amidine groups is 2. The molecule has 0 unspecified atom stereocenters. The molecule has 0 saturated heterocycles. The Balaban J connectivity index is 2.04. The maximum atomic E-state index is 14.1. The van der Waals surface area contributed by atoms with Crippen molar-refractivity contribution in [2.45, 2.75) is 49.7 Å². The molecule has 0 aromatic heterocycles. The van der Waals surface area contributed by atoms with Gasteiger partial charge >= 0.3 is 18.0 Å². The van der Waals surface area contributed by atoms with Gasteiger partial charge in [0, 0.05) is 17.2 Å². The number of benzene rings is 2. The van der Waals surface area contributed by atoms with E-state index >= 15 is 0 Å². The van der Waals surface area contributed by atoms with Crippen LogP contribution in [0, 0.1) is 0 Å². The lowest BCUT2D eigenvalue weighted by molar-refractivity contribution is -0.293. The van der Waals surface area contributed by atoms with E-state index in [4.69, 9.17) is 4.74 Å². The predicted octanol–water partition coefficient (Wildman–Crippen LogP) is 5.97. The molecule has 1 saturated carbocycles. The summed E-state index contributed by atoms with van der Waals surface area (Å²) < 4.78 is 90.0. The van der Waals surface area contributed by atoms with E-state index in [-0.39, 0.29) is 22.9 Å². The van der Waals surface area contributed by atoms with E-state index in [1.54, 1.807) is 24.3 Å². The minimum atomic E-state index is -5.81. The van der Waals surface area contributed by atoms with Gasteiger partial charge in [0.1, 0.15) is 17.4 Å². The van der Waals surface area contributed by atoms with E-state index in [1.807, 2.05) is 0 Å². The van der Waals surface area contributed by atoms with E-state index < -0.39 is 29.7 Å². The van der Waals surface area contributed by atoms with Crippen molar-refractivity contribution in [2.24, 2.45) is 9.98 Å². The van der Waals surface area contributed by atoms with Crippen molar-refractivity contribution in [1.29, 1.82) is 0 Å². The molecule has 0 bridgehead atoms. The van der Waals surface area contributed by atoms with Crippen LogP contribution in [0.25, 0.3) is 0 Å². The monoisotopic (exact) mass is 469 g/mol. The van der Waals surface area contributed by atoms with Crippen molar-refractivity contribution in [2.75, 3.05) is 7.11 Å². The van der Waals surface area contributed by atoms with Crippen molar-refractivity contribution < 1.29 is 31.1 Å². The maximum Gasteiger partial charge on any atom is 0.443 e. The highest BCUT2D eigenvalue weighted by Crippen LogP contribution is 2.50. The molecule has 10 heteroatoms. The number of hydrogen-bond donors (Lipinski definition) is 0. The number of halogens is 6. The molecule has 33 heavy (non-hydrogen) atoms. The van der Waals surface area contributed by atoms with Crippen LogP contribution in [0.1, 0.15) is 36.8 Å². The second kappa shape index (κ2) is 8.39. The Hall–Kier alpha value is -3.04. The van der Waals surface area contributed by atoms with Crippen molar-refractivity contribution in [1.82, 2.24) is 4.90 Å². The van der Waals surface area contributed by atoms with Gasteiger partial charge in [-0.05, 0) is 25.0 Å². The summed E-state index contributed by atoms with van der Waals surface area (Å²) in [6, 6.07) is 13.1. The Labute approximate surface area is 186 Å². The standard InChI is InChI=1S/C23H21F6N3O/c1-33-18-13-7-10-16(14-18)20-31-21(22(24,25)26,23(27,28)29)30-19(15-8-3-2-4-9-15)32(20)17-11-5-6-12-17/h2-4,7-10,13-14,17H,5-6,11-12H2,1H3. The zero-order valence-electron chi connectivity index (χ0n) is 17.6. The third-order valence-corrected chi connectivity index (χ3v) is 5.83. The van der Waals surface area contributed by atoms with E-state index in [0.717, 1.165) is 12.8 Å². The van der Waals surface area contributed by atoms with Crippen molar-refractivity contribution in [3.05, 3.63) is 65.7 Å². The predicted molar refractivity (Wildman–Crippen MR) is 111 cm³/mol. The normalized spacial score (nSPS) is 19.3. The average molecular weight is 469 g/mol. The highest BCUT2D eigenvalue weighted by Gasteiger charge is 2.74. The van der Waals surface area contributed by atoms with Crippen LogP contribution in [-0.4, -0.2) is 47.7 Å². The molecule has 4 nitrogen and oxygen atoms in total. The van der Waals surface area contributed by atoms with Gasteiger partial charge in [-0.1, -0.05) is 55.3 Å². The van der Waals surface area contributed by atoms with Gasteiger partial charge < -0.3 is 9.64 Å². The Kier molecular flexibility index (Phi) is 5.88. The highest BCUT2D eigenvalue weighted by molar-refractivity contribution is 6.16. The van der Waals surface area contributed by atoms with Crippen LogP contribution in [0.3, 0.4) is 0 Å². The Bertz CT molecular complexity index is 1040. The zero-order chi connectivity index (χ0) is 23.9. The lowest BCUT2D eigenvalue weighted by atomic mass is 10.0. The zero-order valence-corrected chi connectivity index (χ0v) is 17.6. The number of ether oxygens (including phenoxy) is 1. The summed E-state index contributed by atoms with van der Waals surface area (Å²) in [5, 5.41) is 0. The highest BCUT2D eigenvalue weighted by atomic mass is 19.4. The Morgan fingerprint density at radius 2 is 1.36 bits per heavy atom. The van der Waals surface area contributed by atoms with Crippen LogP contribution in [0.2, 0.25) is 0 Å². The third kappa shape index (κ3) is 4.06. The minimum Gasteiger partial charge on any atom is -0.497 e. The fraction of sp³-hybridized carbons (Fsp3) is 0.391. The van der Waals surface area contributed by atoms with Crippen LogP contribution in [0.4, 0.5) is 26.3 Å². The molecule has 1 fully saturated rings. The quantitative estimate of drug-likeness (QED) is 0.518. The topological polar surface area (TPSA) is 37.2 Å². The summed E-state index contributed by atoms with van der Waals surface area (Å²) in [6.45, 7) is 0. The van der Waals surface area contributed by atoms with Crippen LogP contribution in [0.15, 0.2) is 64.6 Å². The Morgan fingerprint density at radius 1 is 0.818 bits per heavy atom. The first-order valence-electron chi connectivity index (χ1n) is 10.4. The molecule has 1 heterocycles. The van der Waals surface area contributed by atoms with E-state index in [2.05, 4.69) is 9.98 Å². The SMILES string of the molecule is COc1cccc(C2=NC(C(F)(F)F)(C(F)(F)F)N=C(c3ccccc3)N2C2CCCC2)c1.